The van der Waals surface area contributed by atoms with Gasteiger partial charge in [-0.1, -0.05) is 11.6 Å². The number of benzene rings is 1. The summed E-state index contributed by atoms with van der Waals surface area (Å²) in [5, 5.41) is 0.664. The number of aromatic nitrogens is 3. The van der Waals surface area contributed by atoms with Crippen molar-refractivity contribution < 1.29 is 0 Å². The number of hydrogen-bond acceptors (Lipinski definition) is 3. The minimum absolute atomic E-state index is 0.473. The first-order valence-corrected chi connectivity index (χ1v) is 7.02. The van der Waals surface area contributed by atoms with Crippen LogP contribution in [0.5, 0.6) is 0 Å². The number of nitrogen functional groups attached to an aromatic ring is 1. The second-order valence-corrected chi connectivity index (χ2v) is 5.50. The van der Waals surface area contributed by atoms with Gasteiger partial charge in [0.15, 0.2) is 0 Å². The van der Waals surface area contributed by atoms with E-state index in [9.17, 15) is 0 Å². The Hall–Kier alpha value is -1.85. The molecule has 0 saturated carbocycles. The molecule has 2 heterocycles. The summed E-state index contributed by atoms with van der Waals surface area (Å²) in [6, 6.07) is 9.31. The lowest BCUT2D eigenvalue weighted by molar-refractivity contribution is 1.05. The molecule has 2 aromatic heterocycles. The normalized spacial score (nSPS) is 10.7. The lowest BCUT2D eigenvalue weighted by Crippen LogP contribution is -1.97. The number of hydrogen-bond donors (Lipinski definition) is 1. The van der Waals surface area contributed by atoms with Crippen LogP contribution in [0.2, 0.25) is 5.02 Å². The highest BCUT2D eigenvalue weighted by atomic mass is 79.9. The molecule has 4 nitrogen and oxygen atoms in total. The molecule has 0 aliphatic carbocycles. The Labute approximate surface area is 129 Å². The maximum absolute atomic E-state index is 6.07. The maximum atomic E-state index is 6.07. The number of nitrogens with two attached hydrogens (primary N) is 1. The SMILES string of the molecule is Nc1cc(-c2cncn2-c2cc(Cl)ccc2Br)ccn1. The molecule has 0 fully saturated rings. The number of imidazole rings is 1. The minimum Gasteiger partial charge on any atom is -0.384 e. The first-order valence-electron chi connectivity index (χ1n) is 5.85. The molecule has 0 atom stereocenters. The van der Waals surface area contributed by atoms with Crippen LogP contribution < -0.4 is 5.73 Å². The van der Waals surface area contributed by atoms with E-state index in [1.807, 2.05) is 34.9 Å². The monoisotopic (exact) mass is 348 g/mol. The standard InChI is InChI=1S/C14H10BrClN4/c15-11-2-1-10(16)6-12(11)20-8-18-7-13(20)9-3-4-19-14(17)5-9/h1-8H,(H2,17,19). The van der Waals surface area contributed by atoms with Gasteiger partial charge in [0.2, 0.25) is 0 Å². The van der Waals surface area contributed by atoms with Crippen LogP contribution in [-0.2, 0) is 0 Å². The number of pyridine rings is 1. The van der Waals surface area contributed by atoms with Gasteiger partial charge in [0, 0.05) is 21.3 Å². The van der Waals surface area contributed by atoms with Crippen LogP contribution >= 0.6 is 27.5 Å². The van der Waals surface area contributed by atoms with Crippen molar-refractivity contribution in [2.45, 2.75) is 0 Å². The molecule has 0 spiro atoms. The van der Waals surface area contributed by atoms with Gasteiger partial charge in [0.25, 0.3) is 0 Å². The second-order valence-electron chi connectivity index (χ2n) is 4.21. The van der Waals surface area contributed by atoms with Gasteiger partial charge in [0.1, 0.15) is 5.82 Å². The molecule has 0 radical (unpaired) electrons. The lowest BCUT2D eigenvalue weighted by atomic mass is 10.2. The van der Waals surface area contributed by atoms with E-state index in [0.29, 0.717) is 10.8 Å². The smallest absolute Gasteiger partial charge is 0.123 e. The lowest BCUT2D eigenvalue weighted by Gasteiger charge is -2.11. The zero-order valence-electron chi connectivity index (χ0n) is 10.3. The molecule has 0 amide bonds. The zero-order valence-corrected chi connectivity index (χ0v) is 12.6. The fourth-order valence-corrected chi connectivity index (χ4v) is 2.58. The Morgan fingerprint density at radius 1 is 1.20 bits per heavy atom. The quantitative estimate of drug-likeness (QED) is 0.762. The van der Waals surface area contributed by atoms with E-state index < -0.39 is 0 Å². The van der Waals surface area contributed by atoms with Gasteiger partial charge in [-0.3, -0.25) is 4.57 Å². The Balaban J connectivity index is 2.18. The molecule has 20 heavy (non-hydrogen) atoms. The molecule has 2 N–H and O–H groups in total. The van der Waals surface area contributed by atoms with Gasteiger partial charge in [-0.2, -0.15) is 0 Å². The largest absolute Gasteiger partial charge is 0.384 e. The van der Waals surface area contributed by atoms with E-state index in [1.165, 1.54) is 0 Å². The van der Waals surface area contributed by atoms with Crippen molar-refractivity contribution in [3.63, 3.8) is 0 Å². The summed E-state index contributed by atoms with van der Waals surface area (Å²) in [6.45, 7) is 0. The van der Waals surface area contributed by atoms with Crippen LogP contribution in [0.1, 0.15) is 0 Å². The van der Waals surface area contributed by atoms with Crippen molar-refractivity contribution in [1.29, 1.82) is 0 Å². The fraction of sp³-hybridized carbons (Fsp3) is 0. The van der Waals surface area contributed by atoms with E-state index in [1.54, 1.807) is 18.7 Å². The van der Waals surface area contributed by atoms with Crippen molar-refractivity contribution in [3.05, 3.63) is 58.5 Å². The number of anilines is 1. The average molecular weight is 350 g/mol. The summed E-state index contributed by atoms with van der Waals surface area (Å²) in [5.74, 6) is 0.473. The summed E-state index contributed by atoms with van der Waals surface area (Å²) in [7, 11) is 0. The molecule has 0 unspecified atom stereocenters. The third-order valence-electron chi connectivity index (χ3n) is 2.88. The van der Waals surface area contributed by atoms with E-state index in [4.69, 9.17) is 17.3 Å². The number of halogens is 2. The Kier molecular flexibility index (Phi) is 3.46. The third-order valence-corrected chi connectivity index (χ3v) is 3.79. The van der Waals surface area contributed by atoms with Gasteiger partial charge in [-0.15, -0.1) is 0 Å². The molecule has 0 aliphatic heterocycles. The first-order chi connectivity index (χ1) is 9.65. The van der Waals surface area contributed by atoms with Gasteiger partial charge < -0.3 is 5.73 Å². The van der Waals surface area contributed by atoms with Gasteiger partial charge in [-0.05, 0) is 46.3 Å². The van der Waals surface area contributed by atoms with E-state index in [-0.39, 0.29) is 0 Å². The van der Waals surface area contributed by atoms with Crippen LogP contribution in [0.25, 0.3) is 16.9 Å². The van der Waals surface area contributed by atoms with Crippen LogP contribution in [0.3, 0.4) is 0 Å². The van der Waals surface area contributed by atoms with E-state index in [2.05, 4.69) is 25.9 Å². The molecule has 3 aromatic rings. The summed E-state index contributed by atoms with van der Waals surface area (Å²) >= 11 is 9.60. The first kappa shape index (κ1) is 13.1. The Morgan fingerprint density at radius 3 is 2.85 bits per heavy atom. The number of nitrogens with zero attached hydrogens (tertiary/aromatic N) is 3. The molecule has 0 saturated heterocycles. The maximum Gasteiger partial charge on any atom is 0.123 e. The predicted octanol–water partition coefficient (Wildman–Crippen LogP) is 3.93. The molecule has 6 heteroatoms. The summed E-state index contributed by atoms with van der Waals surface area (Å²) in [6.07, 6.45) is 5.19. The Bertz CT molecular complexity index is 769. The highest BCUT2D eigenvalue weighted by molar-refractivity contribution is 9.10. The average Bonchev–Trinajstić information content (AvgIpc) is 2.90. The second kappa shape index (κ2) is 5.26. The highest BCUT2D eigenvalue weighted by Gasteiger charge is 2.10. The van der Waals surface area contributed by atoms with Gasteiger partial charge in [0.05, 0.1) is 23.9 Å². The fourth-order valence-electron chi connectivity index (χ4n) is 1.98. The van der Waals surface area contributed by atoms with Gasteiger partial charge >= 0.3 is 0 Å². The molecule has 1 aromatic carbocycles. The van der Waals surface area contributed by atoms with Crippen molar-refractivity contribution in [2.24, 2.45) is 0 Å². The molecule has 100 valence electrons. The number of rotatable bonds is 2. The molecular formula is C14H10BrClN4. The Morgan fingerprint density at radius 2 is 2.05 bits per heavy atom. The van der Waals surface area contributed by atoms with Crippen molar-refractivity contribution in [2.75, 3.05) is 5.73 Å². The van der Waals surface area contributed by atoms with Gasteiger partial charge in [-0.25, -0.2) is 9.97 Å². The van der Waals surface area contributed by atoms with Crippen LogP contribution in [0.15, 0.2) is 53.5 Å². The van der Waals surface area contributed by atoms with Crippen LogP contribution in [0, 0.1) is 0 Å². The van der Waals surface area contributed by atoms with E-state index in [0.717, 1.165) is 21.4 Å². The minimum atomic E-state index is 0.473. The zero-order chi connectivity index (χ0) is 14.1. The summed E-state index contributed by atoms with van der Waals surface area (Å²) in [5.41, 5.74) is 8.52. The van der Waals surface area contributed by atoms with Crippen molar-refractivity contribution in [1.82, 2.24) is 14.5 Å². The topological polar surface area (TPSA) is 56.7 Å². The highest BCUT2D eigenvalue weighted by Crippen LogP contribution is 2.29. The van der Waals surface area contributed by atoms with Crippen molar-refractivity contribution >= 4 is 33.3 Å². The van der Waals surface area contributed by atoms with E-state index >= 15 is 0 Å². The van der Waals surface area contributed by atoms with Crippen molar-refractivity contribution in [3.8, 4) is 16.9 Å². The van der Waals surface area contributed by atoms with Crippen LogP contribution in [0.4, 0.5) is 5.82 Å². The molecule has 3 rings (SSSR count). The molecule has 0 aliphatic rings. The molecule has 0 bridgehead atoms. The van der Waals surface area contributed by atoms with Crippen LogP contribution in [-0.4, -0.2) is 14.5 Å². The molecular weight excluding hydrogens is 340 g/mol. The third kappa shape index (κ3) is 2.42. The summed E-state index contributed by atoms with van der Waals surface area (Å²) in [4.78, 5) is 8.21. The predicted molar refractivity (Wildman–Crippen MR) is 83.9 cm³/mol. The summed E-state index contributed by atoms with van der Waals surface area (Å²) < 4.78 is 2.88.